The van der Waals surface area contributed by atoms with Crippen molar-refractivity contribution in [3.8, 4) is 11.5 Å². The number of hydrogen-bond donors (Lipinski definition) is 0. The second-order valence-corrected chi connectivity index (χ2v) is 5.29. The fourth-order valence-corrected chi connectivity index (χ4v) is 2.49. The fourth-order valence-electron chi connectivity index (χ4n) is 1.67. The lowest BCUT2D eigenvalue weighted by Gasteiger charge is -2.10. The standard InChI is InChI=1S/C15H16O3S/c1-10(2)18-12-6-4-5-11(7-12)15(16)14-8-13(17-3)9-19-14/h4-10H,1-3H3. The van der Waals surface area contributed by atoms with Crippen molar-refractivity contribution >= 4 is 17.1 Å². The molecule has 0 amide bonds. The Morgan fingerprint density at radius 2 is 2.00 bits per heavy atom. The molecule has 0 saturated heterocycles. The highest BCUT2D eigenvalue weighted by Gasteiger charge is 2.13. The topological polar surface area (TPSA) is 35.5 Å². The van der Waals surface area contributed by atoms with E-state index in [1.54, 1.807) is 25.3 Å². The summed E-state index contributed by atoms with van der Waals surface area (Å²) in [5, 5.41) is 1.82. The van der Waals surface area contributed by atoms with E-state index < -0.39 is 0 Å². The first-order valence-electron chi connectivity index (χ1n) is 6.04. The molecule has 0 radical (unpaired) electrons. The fraction of sp³-hybridized carbons (Fsp3) is 0.267. The number of rotatable bonds is 5. The third-order valence-corrected chi connectivity index (χ3v) is 3.41. The van der Waals surface area contributed by atoms with Gasteiger partial charge in [-0.3, -0.25) is 4.79 Å². The molecule has 100 valence electrons. The van der Waals surface area contributed by atoms with Crippen LogP contribution in [0.25, 0.3) is 0 Å². The van der Waals surface area contributed by atoms with Gasteiger partial charge in [0, 0.05) is 17.0 Å². The Bertz CT molecular complexity index is 572. The van der Waals surface area contributed by atoms with Gasteiger partial charge in [0.15, 0.2) is 0 Å². The molecule has 19 heavy (non-hydrogen) atoms. The molecule has 1 aromatic heterocycles. The summed E-state index contributed by atoms with van der Waals surface area (Å²) in [6.07, 6.45) is 0.0900. The van der Waals surface area contributed by atoms with Gasteiger partial charge >= 0.3 is 0 Å². The molecule has 0 aliphatic heterocycles. The van der Waals surface area contributed by atoms with Gasteiger partial charge in [-0.05, 0) is 26.0 Å². The summed E-state index contributed by atoms with van der Waals surface area (Å²) in [4.78, 5) is 13.0. The zero-order chi connectivity index (χ0) is 13.8. The molecule has 1 aromatic carbocycles. The molecule has 0 N–H and O–H groups in total. The summed E-state index contributed by atoms with van der Waals surface area (Å²) in [6.45, 7) is 3.91. The number of hydrogen-bond acceptors (Lipinski definition) is 4. The van der Waals surface area contributed by atoms with Crippen LogP contribution in [0.5, 0.6) is 11.5 Å². The molecule has 4 heteroatoms. The summed E-state index contributed by atoms with van der Waals surface area (Å²) < 4.78 is 10.7. The Morgan fingerprint density at radius 3 is 2.63 bits per heavy atom. The number of thiophene rings is 1. The van der Waals surface area contributed by atoms with Gasteiger partial charge in [0.1, 0.15) is 11.5 Å². The van der Waals surface area contributed by atoms with Crippen LogP contribution in [-0.2, 0) is 0 Å². The minimum absolute atomic E-state index is 0.0116. The molecule has 0 atom stereocenters. The van der Waals surface area contributed by atoms with Gasteiger partial charge in [-0.25, -0.2) is 0 Å². The Balaban J connectivity index is 2.23. The first-order valence-corrected chi connectivity index (χ1v) is 6.92. The maximum Gasteiger partial charge on any atom is 0.203 e. The van der Waals surface area contributed by atoms with Gasteiger partial charge in [-0.15, -0.1) is 11.3 Å². The minimum atomic E-state index is -0.0116. The third-order valence-electron chi connectivity index (χ3n) is 2.50. The van der Waals surface area contributed by atoms with Crippen molar-refractivity contribution in [2.75, 3.05) is 7.11 Å². The smallest absolute Gasteiger partial charge is 0.203 e. The molecule has 0 fully saturated rings. The van der Waals surface area contributed by atoms with Gasteiger partial charge in [-0.1, -0.05) is 12.1 Å². The van der Waals surface area contributed by atoms with Gasteiger partial charge in [0.2, 0.25) is 5.78 Å². The number of carbonyl (C=O) groups is 1. The second-order valence-electron chi connectivity index (χ2n) is 4.37. The van der Waals surface area contributed by atoms with Crippen LogP contribution in [0.1, 0.15) is 29.1 Å². The molecule has 2 aromatic rings. The van der Waals surface area contributed by atoms with Crippen LogP contribution >= 0.6 is 11.3 Å². The normalized spacial score (nSPS) is 10.5. The predicted octanol–water partition coefficient (Wildman–Crippen LogP) is 3.77. The van der Waals surface area contributed by atoms with Crippen molar-refractivity contribution in [3.63, 3.8) is 0 Å². The van der Waals surface area contributed by atoms with E-state index in [0.29, 0.717) is 21.9 Å². The summed E-state index contributed by atoms with van der Waals surface area (Å²) in [6, 6.07) is 9.00. The van der Waals surface area contributed by atoms with Crippen molar-refractivity contribution in [2.24, 2.45) is 0 Å². The SMILES string of the molecule is COc1csc(C(=O)c2cccc(OC(C)C)c2)c1. The largest absolute Gasteiger partial charge is 0.496 e. The van der Waals surface area contributed by atoms with Crippen LogP contribution in [0, 0.1) is 0 Å². The van der Waals surface area contributed by atoms with E-state index in [1.165, 1.54) is 11.3 Å². The van der Waals surface area contributed by atoms with Crippen molar-refractivity contribution in [3.05, 3.63) is 46.2 Å². The molecule has 0 aliphatic rings. The van der Waals surface area contributed by atoms with Crippen molar-refractivity contribution in [2.45, 2.75) is 20.0 Å². The molecule has 0 bridgehead atoms. The Kier molecular flexibility index (Phi) is 4.22. The maximum atomic E-state index is 12.3. The molecule has 1 heterocycles. The van der Waals surface area contributed by atoms with Crippen molar-refractivity contribution < 1.29 is 14.3 Å². The van der Waals surface area contributed by atoms with Gasteiger partial charge < -0.3 is 9.47 Å². The Hall–Kier alpha value is -1.81. The average molecular weight is 276 g/mol. The second kappa shape index (κ2) is 5.89. The highest BCUT2D eigenvalue weighted by molar-refractivity contribution is 7.12. The molecule has 3 nitrogen and oxygen atoms in total. The van der Waals surface area contributed by atoms with E-state index in [2.05, 4.69) is 0 Å². The molecular weight excluding hydrogens is 260 g/mol. The Labute approximate surface area is 116 Å². The quantitative estimate of drug-likeness (QED) is 0.780. The molecule has 0 saturated carbocycles. The number of methoxy groups -OCH3 is 1. The third kappa shape index (κ3) is 3.35. The maximum absolute atomic E-state index is 12.3. The highest BCUT2D eigenvalue weighted by Crippen LogP contribution is 2.25. The van der Waals surface area contributed by atoms with Crippen LogP contribution < -0.4 is 9.47 Å². The molecular formula is C15H16O3S. The number of carbonyl (C=O) groups excluding carboxylic acids is 1. The van der Waals surface area contributed by atoms with Crippen molar-refractivity contribution in [1.82, 2.24) is 0 Å². The van der Waals surface area contributed by atoms with Crippen molar-refractivity contribution in [1.29, 1.82) is 0 Å². The Morgan fingerprint density at radius 1 is 1.21 bits per heavy atom. The van der Waals surface area contributed by atoms with Crippen LogP contribution in [0.3, 0.4) is 0 Å². The lowest BCUT2D eigenvalue weighted by Crippen LogP contribution is -2.06. The summed E-state index contributed by atoms with van der Waals surface area (Å²) in [5.74, 6) is 1.41. The summed E-state index contributed by atoms with van der Waals surface area (Å²) in [5.41, 5.74) is 0.627. The molecule has 0 unspecified atom stereocenters. The molecule has 0 spiro atoms. The molecule has 2 rings (SSSR count). The van der Waals surface area contributed by atoms with Crippen LogP contribution in [0.2, 0.25) is 0 Å². The highest BCUT2D eigenvalue weighted by atomic mass is 32.1. The number of benzene rings is 1. The van der Waals surface area contributed by atoms with Gasteiger partial charge in [0.25, 0.3) is 0 Å². The summed E-state index contributed by atoms with van der Waals surface area (Å²) >= 11 is 1.38. The van der Waals surface area contributed by atoms with E-state index in [4.69, 9.17) is 9.47 Å². The molecule has 0 aliphatic carbocycles. The van der Waals surface area contributed by atoms with E-state index in [-0.39, 0.29) is 11.9 Å². The predicted molar refractivity (Wildman–Crippen MR) is 76.5 cm³/mol. The summed E-state index contributed by atoms with van der Waals surface area (Å²) in [7, 11) is 1.59. The van der Waals surface area contributed by atoms with Crippen LogP contribution in [0.15, 0.2) is 35.7 Å². The number of ether oxygens (including phenoxy) is 2. The first kappa shape index (κ1) is 13.6. The van der Waals surface area contributed by atoms with Gasteiger partial charge in [-0.2, -0.15) is 0 Å². The lowest BCUT2D eigenvalue weighted by atomic mass is 10.1. The van der Waals surface area contributed by atoms with E-state index in [9.17, 15) is 4.79 Å². The minimum Gasteiger partial charge on any atom is -0.496 e. The number of ketones is 1. The zero-order valence-corrected chi connectivity index (χ0v) is 12.0. The van der Waals surface area contributed by atoms with E-state index in [1.807, 2.05) is 31.4 Å². The monoisotopic (exact) mass is 276 g/mol. The van der Waals surface area contributed by atoms with E-state index in [0.717, 1.165) is 0 Å². The first-order chi connectivity index (χ1) is 9.10. The average Bonchev–Trinajstić information content (AvgIpc) is 2.86. The van der Waals surface area contributed by atoms with Crippen LogP contribution in [-0.4, -0.2) is 19.0 Å². The van der Waals surface area contributed by atoms with Gasteiger partial charge in [0.05, 0.1) is 18.1 Å². The van der Waals surface area contributed by atoms with Crippen LogP contribution in [0.4, 0.5) is 0 Å². The zero-order valence-electron chi connectivity index (χ0n) is 11.2. The lowest BCUT2D eigenvalue weighted by molar-refractivity contribution is 0.104. The van der Waals surface area contributed by atoms with E-state index >= 15 is 0 Å².